The van der Waals surface area contributed by atoms with Crippen LogP contribution in [0.3, 0.4) is 0 Å². The Morgan fingerprint density at radius 3 is 2.15 bits per heavy atom. The van der Waals surface area contributed by atoms with Crippen LogP contribution in [-0.2, 0) is 23.3 Å². The normalized spacial score (nSPS) is 18.0. The summed E-state index contributed by atoms with van der Waals surface area (Å²) in [5.74, 6) is -0.224. The Labute approximate surface area is 199 Å². The molecule has 1 fully saturated rings. The Balaban J connectivity index is 1.38. The molecule has 0 bridgehead atoms. The van der Waals surface area contributed by atoms with Gasteiger partial charge < -0.3 is 5.32 Å². The molecule has 34 heavy (non-hydrogen) atoms. The number of nitrogens with one attached hydrogen (secondary N) is 1. The number of rotatable bonds is 7. The van der Waals surface area contributed by atoms with Crippen molar-refractivity contribution in [2.45, 2.75) is 18.5 Å². The highest BCUT2D eigenvalue weighted by molar-refractivity contribution is 6.07. The quantitative estimate of drug-likeness (QED) is 0.408. The smallest absolute Gasteiger partial charge is 0.319 e. The summed E-state index contributed by atoms with van der Waals surface area (Å²) in [6, 6.07) is 33.6. The molecule has 5 heteroatoms. The van der Waals surface area contributed by atoms with E-state index in [9.17, 15) is 9.59 Å². The summed E-state index contributed by atoms with van der Waals surface area (Å²) in [7, 11) is 1.93. The van der Waals surface area contributed by atoms with Crippen LogP contribution in [0.15, 0.2) is 103 Å². The molecule has 0 spiro atoms. The third-order valence-electron chi connectivity index (χ3n) is 6.40. The Hall–Kier alpha value is -3.96. The van der Waals surface area contributed by atoms with Crippen LogP contribution in [0.1, 0.15) is 16.7 Å². The molecule has 0 unspecified atom stereocenters. The first-order valence-electron chi connectivity index (χ1n) is 11.4. The molecule has 0 radical (unpaired) electrons. The fourth-order valence-corrected chi connectivity index (χ4v) is 4.74. The van der Waals surface area contributed by atoms with Gasteiger partial charge in [0.25, 0.3) is 5.91 Å². The molecule has 0 aromatic heterocycles. The Morgan fingerprint density at radius 1 is 0.765 bits per heavy atom. The molecule has 3 amide bonds. The zero-order chi connectivity index (χ0) is 23.5. The predicted molar refractivity (Wildman–Crippen MR) is 134 cm³/mol. The van der Waals surface area contributed by atoms with E-state index in [0.29, 0.717) is 13.0 Å². The van der Waals surface area contributed by atoms with Crippen LogP contribution < -0.4 is 5.32 Å². The van der Waals surface area contributed by atoms with E-state index >= 15 is 0 Å². The second-order valence-corrected chi connectivity index (χ2v) is 8.93. The lowest BCUT2D eigenvalue weighted by molar-refractivity contribution is -0.133. The van der Waals surface area contributed by atoms with Crippen LogP contribution in [0, 0.1) is 0 Å². The highest BCUT2D eigenvalue weighted by Gasteiger charge is 2.52. The van der Waals surface area contributed by atoms with Gasteiger partial charge in [0.05, 0.1) is 6.67 Å². The number of benzene rings is 4. The molecule has 170 valence electrons. The summed E-state index contributed by atoms with van der Waals surface area (Å²) >= 11 is 0. The van der Waals surface area contributed by atoms with Gasteiger partial charge in [0, 0.05) is 13.0 Å². The van der Waals surface area contributed by atoms with Crippen molar-refractivity contribution < 1.29 is 9.59 Å². The number of carbonyl (C=O) groups is 2. The van der Waals surface area contributed by atoms with Crippen molar-refractivity contribution in [2.75, 3.05) is 13.7 Å². The van der Waals surface area contributed by atoms with E-state index in [-0.39, 0.29) is 18.6 Å². The van der Waals surface area contributed by atoms with Crippen molar-refractivity contribution in [3.05, 3.63) is 120 Å². The van der Waals surface area contributed by atoms with Crippen LogP contribution >= 0.6 is 0 Å². The topological polar surface area (TPSA) is 52.6 Å². The van der Waals surface area contributed by atoms with Crippen molar-refractivity contribution >= 4 is 22.7 Å². The van der Waals surface area contributed by atoms with E-state index in [0.717, 1.165) is 16.7 Å². The molecule has 4 aromatic carbocycles. The van der Waals surface area contributed by atoms with Gasteiger partial charge in [-0.1, -0.05) is 97.1 Å². The van der Waals surface area contributed by atoms with Crippen molar-refractivity contribution in [2.24, 2.45) is 0 Å². The molecule has 0 aliphatic carbocycles. The average molecular weight is 450 g/mol. The SMILES string of the molecule is CN(Cc1ccc2ccccc2c1)CN1C(=O)N[C@](Cc2ccccc2)(c2ccccc2)C1=O. The van der Waals surface area contributed by atoms with E-state index < -0.39 is 5.54 Å². The largest absolute Gasteiger partial charge is 0.326 e. The summed E-state index contributed by atoms with van der Waals surface area (Å²) in [5.41, 5.74) is 1.79. The maximum absolute atomic E-state index is 13.8. The molecule has 1 atom stereocenters. The monoisotopic (exact) mass is 449 g/mol. The second-order valence-electron chi connectivity index (χ2n) is 8.93. The van der Waals surface area contributed by atoms with E-state index in [4.69, 9.17) is 0 Å². The first-order valence-corrected chi connectivity index (χ1v) is 11.4. The minimum absolute atomic E-state index is 0.209. The Morgan fingerprint density at radius 2 is 1.41 bits per heavy atom. The maximum Gasteiger partial charge on any atom is 0.326 e. The highest BCUT2D eigenvalue weighted by Crippen LogP contribution is 2.33. The van der Waals surface area contributed by atoms with Crippen molar-refractivity contribution in [3.63, 3.8) is 0 Å². The van der Waals surface area contributed by atoms with Gasteiger partial charge in [0.15, 0.2) is 5.54 Å². The second kappa shape index (κ2) is 9.12. The summed E-state index contributed by atoms with van der Waals surface area (Å²) < 4.78 is 0. The van der Waals surface area contributed by atoms with Gasteiger partial charge in [0.1, 0.15) is 0 Å². The number of fused-ring (bicyclic) bond motifs is 1. The van der Waals surface area contributed by atoms with Crippen LogP contribution in [0.5, 0.6) is 0 Å². The summed E-state index contributed by atoms with van der Waals surface area (Å²) in [5, 5.41) is 5.40. The number of carbonyl (C=O) groups excluding carboxylic acids is 2. The molecule has 1 aliphatic rings. The van der Waals surface area contributed by atoms with Crippen LogP contribution in [0.4, 0.5) is 4.79 Å². The number of hydrogen-bond acceptors (Lipinski definition) is 3. The van der Waals surface area contributed by atoms with Gasteiger partial charge in [-0.3, -0.25) is 9.69 Å². The molecule has 1 saturated heterocycles. The third kappa shape index (κ3) is 4.18. The molecule has 4 aromatic rings. The van der Waals surface area contributed by atoms with Gasteiger partial charge >= 0.3 is 6.03 Å². The fraction of sp³-hybridized carbons (Fsp3) is 0.172. The average Bonchev–Trinajstić information content (AvgIpc) is 3.10. The van der Waals surface area contributed by atoms with Gasteiger partial charge in [-0.25, -0.2) is 9.69 Å². The lowest BCUT2D eigenvalue weighted by Crippen LogP contribution is -2.46. The van der Waals surface area contributed by atoms with E-state index in [1.165, 1.54) is 15.7 Å². The lowest BCUT2D eigenvalue weighted by Gasteiger charge is -2.28. The number of amides is 3. The summed E-state index contributed by atoms with van der Waals surface area (Å²) in [4.78, 5) is 30.2. The van der Waals surface area contributed by atoms with E-state index in [1.54, 1.807) is 0 Å². The minimum Gasteiger partial charge on any atom is -0.319 e. The minimum atomic E-state index is -1.12. The van der Waals surface area contributed by atoms with Crippen LogP contribution in [0.25, 0.3) is 10.8 Å². The van der Waals surface area contributed by atoms with E-state index in [2.05, 4.69) is 35.6 Å². The number of imide groups is 1. The van der Waals surface area contributed by atoms with Crippen LogP contribution in [0.2, 0.25) is 0 Å². The summed E-state index contributed by atoms with van der Waals surface area (Å²) in [6.07, 6.45) is 0.396. The Kier molecular flexibility index (Phi) is 5.86. The van der Waals surface area contributed by atoms with Crippen molar-refractivity contribution in [1.29, 1.82) is 0 Å². The van der Waals surface area contributed by atoms with Gasteiger partial charge in [-0.2, -0.15) is 0 Å². The van der Waals surface area contributed by atoms with Crippen molar-refractivity contribution in [1.82, 2.24) is 15.1 Å². The molecular weight excluding hydrogens is 422 g/mol. The zero-order valence-electron chi connectivity index (χ0n) is 19.1. The number of nitrogens with zero attached hydrogens (tertiary/aromatic N) is 2. The fourth-order valence-electron chi connectivity index (χ4n) is 4.74. The highest BCUT2D eigenvalue weighted by atomic mass is 16.2. The summed E-state index contributed by atoms with van der Waals surface area (Å²) in [6.45, 7) is 0.833. The number of urea groups is 1. The van der Waals surface area contributed by atoms with E-state index in [1.807, 2.05) is 84.7 Å². The standard InChI is InChI=1S/C29H27N3O2/c1-31(20-23-16-17-24-12-8-9-13-25(24)18-23)21-32-27(33)29(30-28(32)34,26-14-6-3-7-15-26)19-22-10-4-2-5-11-22/h2-18H,19-21H2,1H3,(H,30,34)/t29-/m1/s1. The predicted octanol–water partition coefficient (Wildman–Crippen LogP) is 4.92. The first kappa shape index (κ1) is 21.9. The van der Waals surface area contributed by atoms with Crippen molar-refractivity contribution in [3.8, 4) is 0 Å². The molecule has 5 rings (SSSR count). The van der Waals surface area contributed by atoms with Gasteiger partial charge in [-0.05, 0) is 40.6 Å². The third-order valence-corrected chi connectivity index (χ3v) is 6.40. The first-order chi connectivity index (χ1) is 16.5. The molecule has 1 N–H and O–H groups in total. The molecule has 5 nitrogen and oxygen atoms in total. The van der Waals surface area contributed by atoms with Crippen LogP contribution in [-0.4, -0.2) is 35.5 Å². The molecule has 0 saturated carbocycles. The molecule has 1 heterocycles. The molecular formula is C29H27N3O2. The zero-order valence-corrected chi connectivity index (χ0v) is 19.1. The van der Waals surface area contributed by atoms with Gasteiger partial charge in [-0.15, -0.1) is 0 Å². The maximum atomic E-state index is 13.8. The lowest BCUT2D eigenvalue weighted by atomic mass is 9.83. The Bertz CT molecular complexity index is 1320. The molecule has 1 aliphatic heterocycles. The number of hydrogen-bond donors (Lipinski definition) is 1. The van der Waals surface area contributed by atoms with Gasteiger partial charge in [0.2, 0.25) is 0 Å².